The summed E-state index contributed by atoms with van der Waals surface area (Å²) in [5.74, 6) is 0. The van der Waals surface area contributed by atoms with Crippen molar-refractivity contribution in [3.05, 3.63) is 90.9 Å². The molecule has 5 rings (SSSR count). The van der Waals surface area contributed by atoms with Crippen LogP contribution in [0.2, 0.25) is 0 Å². The highest BCUT2D eigenvalue weighted by Crippen LogP contribution is 2.35. The number of hydrogen-bond acceptors (Lipinski definition) is 3. The Morgan fingerprint density at radius 3 is 2.15 bits per heavy atom. The van der Waals surface area contributed by atoms with Crippen LogP contribution in [0.15, 0.2) is 85.2 Å². The van der Waals surface area contributed by atoms with Crippen molar-refractivity contribution in [3.63, 3.8) is 0 Å². The number of hydrogen-bond donors (Lipinski definition) is 0. The van der Waals surface area contributed by atoms with E-state index >= 15 is 0 Å². The van der Waals surface area contributed by atoms with Crippen LogP contribution < -0.4 is 0 Å². The molecular formula is C22H16N4. The molecule has 2 aromatic heterocycles. The normalized spacial score (nSPS) is 11.2. The van der Waals surface area contributed by atoms with Crippen LogP contribution in [0.5, 0.6) is 0 Å². The van der Waals surface area contributed by atoms with E-state index in [0.717, 1.165) is 17.0 Å². The number of nitrogens with zero attached hydrogens (tertiary/aromatic N) is 4. The third kappa shape index (κ3) is 2.52. The molecule has 0 aliphatic carbocycles. The molecule has 4 nitrogen and oxygen atoms in total. The summed E-state index contributed by atoms with van der Waals surface area (Å²) in [6, 6.07) is 25.0. The van der Waals surface area contributed by atoms with Gasteiger partial charge in [0.05, 0.1) is 18.4 Å². The molecule has 0 unspecified atom stereocenters. The average Bonchev–Trinajstić information content (AvgIpc) is 3.14. The molecule has 5 aromatic rings. The van der Waals surface area contributed by atoms with Gasteiger partial charge in [0.2, 0.25) is 0 Å². The number of aromatic nitrogens is 4. The van der Waals surface area contributed by atoms with Gasteiger partial charge in [0.15, 0.2) is 0 Å². The fourth-order valence-corrected chi connectivity index (χ4v) is 3.44. The Labute approximate surface area is 150 Å². The van der Waals surface area contributed by atoms with Crippen LogP contribution >= 0.6 is 0 Å². The monoisotopic (exact) mass is 336 g/mol. The molecule has 26 heavy (non-hydrogen) atoms. The molecule has 0 bridgehead atoms. The molecule has 0 saturated carbocycles. The first-order valence-corrected chi connectivity index (χ1v) is 8.59. The van der Waals surface area contributed by atoms with Crippen LogP contribution in [0.1, 0.15) is 5.69 Å². The summed E-state index contributed by atoms with van der Waals surface area (Å²) < 4.78 is 1.84. The van der Waals surface area contributed by atoms with Gasteiger partial charge in [-0.05, 0) is 39.7 Å². The molecule has 0 amide bonds. The Kier molecular flexibility index (Phi) is 3.46. The van der Waals surface area contributed by atoms with Crippen molar-refractivity contribution in [1.29, 1.82) is 0 Å². The Morgan fingerprint density at radius 2 is 1.46 bits per heavy atom. The molecule has 0 spiro atoms. The highest BCUT2D eigenvalue weighted by Gasteiger charge is 2.13. The number of pyridine rings is 1. The lowest BCUT2D eigenvalue weighted by Crippen LogP contribution is -2.01. The first-order chi connectivity index (χ1) is 12.9. The van der Waals surface area contributed by atoms with E-state index in [2.05, 4.69) is 69.9 Å². The van der Waals surface area contributed by atoms with Crippen LogP contribution in [-0.2, 0) is 6.54 Å². The maximum absolute atomic E-state index is 4.47. The quantitative estimate of drug-likeness (QED) is 0.449. The third-order valence-corrected chi connectivity index (χ3v) is 4.62. The van der Waals surface area contributed by atoms with Gasteiger partial charge in [0, 0.05) is 11.8 Å². The SMILES string of the molecule is c1ccc(Cn2cc(-c3c4ccccc4cc4ccccc34)nn2)nc1. The molecule has 124 valence electrons. The van der Waals surface area contributed by atoms with Gasteiger partial charge in [-0.3, -0.25) is 4.98 Å². The maximum Gasteiger partial charge on any atom is 0.114 e. The Bertz CT molecular complexity index is 1150. The van der Waals surface area contributed by atoms with E-state index in [1.54, 1.807) is 6.20 Å². The number of fused-ring (bicyclic) bond motifs is 2. The molecule has 0 N–H and O–H groups in total. The predicted octanol–water partition coefficient (Wildman–Crippen LogP) is 4.69. The molecule has 0 aliphatic rings. The second-order valence-corrected chi connectivity index (χ2v) is 6.32. The zero-order chi connectivity index (χ0) is 17.3. The minimum atomic E-state index is 0.608. The lowest BCUT2D eigenvalue weighted by atomic mass is 9.95. The second-order valence-electron chi connectivity index (χ2n) is 6.32. The van der Waals surface area contributed by atoms with Crippen molar-refractivity contribution >= 4 is 21.5 Å². The van der Waals surface area contributed by atoms with E-state index in [-0.39, 0.29) is 0 Å². The van der Waals surface area contributed by atoms with Gasteiger partial charge >= 0.3 is 0 Å². The third-order valence-electron chi connectivity index (χ3n) is 4.62. The van der Waals surface area contributed by atoms with Crippen molar-refractivity contribution in [2.75, 3.05) is 0 Å². The van der Waals surface area contributed by atoms with Gasteiger partial charge in [-0.25, -0.2) is 4.68 Å². The fourth-order valence-electron chi connectivity index (χ4n) is 3.44. The summed E-state index contributed by atoms with van der Waals surface area (Å²) in [6.07, 6.45) is 3.80. The van der Waals surface area contributed by atoms with E-state index in [0.29, 0.717) is 6.54 Å². The molecule has 2 heterocycles. The smallest absolute Gasteiger partial charge is 0.114 e. The zero-order valence-electron chi connectivity index (χ0n) is 14.1. The molecule has 4 heteroatoms. The Hall–Kier alpha value is -3.53. The standard InChI is InChI=1S/C22H16N4/c1-3-10-19-16(7-1)13-17-8-2-4-11-20(17)22(19)21-15-26(25-24-21)14-18-9-5-6-12-23-18/h1-13,15H,14H2. The zero-order valence-corrected chi connectivity index (χ0v) is 14.1. The van der Waals surface area contributed by atoms with Gasteiger partial charge in [-0.2, -0.15) is 0 Å². The van der Waals surface area contributed by atoms with Crippen LogP contribution in [0.3, 0.4) is 0 Å². The number of benzene rings is 3. The Morgan fingerprint density at radius 1 is 0.769 bits per heavy atom. The molecule has 0 saturated heterocycles. The largest absolute Gasteiger partial charge is 0.259 e. The van der Waals surface area contributed by atoms with E-state index in [9.17, 15) is 0 Å². The Balaban J connectivity index is 1.68. The average molecular weight is 336 g/mol. The summed E-state index contributed by atoms with van der Waals surface area (Å²) in [5, 5.41) is 13.6. The van der Waals surface area contributed by atoms with E-state index in [4.69, 9.17) is 0 Å². The summed E-state index contributed by atoms with van der Waals surface area (Å²) >= 11 is 0. The van der Waals surface area contributed by atoms with E-state index in [1.807, 2.05) is 29.1 Å². The molecule has 0 fully saturated rings. The number of rotatable bonds is 3. The lowest BCUT2D eigenvalue weighted by molar-refractivity contribution is 0.639. The van der Waals surface area contributed by atoms with Crippen molar-refractivity contribution < 1.29 is 0 Å². The summed E-state index contributed by atoms with van der Waals surface area (Å²) in [6.45, 7) is 0.608. The van der Waals surface area contributed by atoms with Crippen LogP contribution in [-0.4, -0.2) is 20.0 Å². The first-order valence-electron chi connectivity index (χ1n) is 8.59. The topological polar surface area (TPSA) is 43.6 Å². The van der Waals surface area contributed by atoms with Crippen molar-refractivity contribution in [2.45, 2.75) is 6.54 Å². The molecule has 0 aliphatic heterocycles. The highest BCUT2D eigenvalue weighted by atomic mass is 15.4. The van der Waals surface area contributed by atoms with Crippen molar-refractivity contribution in [3.8, 4) is 11.3 Å². The van der Waals surface area contributed by atoms with Crippen molar-refractivity contribution in [2.24, 2.45) is 0 Å². The van der Waals surface area contributed by atoms with Gasteiger partial charge in [-0.15, -0.1) is 5.10 Å². The first kappa shape index (κ1) is 14.8. The van der Waals surface area contributed by atoms with Gasteiger partial charge < -0.3 is 0 Å². The van der Waals surface area contributed by atoms with Crippen LogP contribution in [0.4, 0.5) is 0 Å². The highest BCUT2D eigenvalue weighted by molar-refractivity contribution is 6.11. The molecule has 3 aromatic carbocycles. The summed E-state index contributed by atoms with van der Waals surface area (Å²) in [4.78, 5) is 4.37. The molecule has 0 atom stereocenters. The minimum Gasteiger partial charge on any atom is -0.259 e. The van der Waals surface area contributed by atoms with E-state index in [1.165, 1.54) is 21.5 Å². The molecule has 0 radical (unpaired) electrons. The van der Waals surface area contributed by atoms with Gasteiger partial charge in [0.25, 0.3) is 0 Å². The van der Waals surface area contributed by atoms with Gasteiger partial charge in [0.1, 0.15) is 5.69 Å². The second kappa shape index (κ2) is 6.08. The molecular weight excluding hydrogens is 320 g/mol. The van der Waals surface area contributed by atoms with Crippen molar-refractivity contribution in [1.82, 2.24) is 20.0 Å². The van der Waals surface area contributed by atoms with Crippen LogP contribution in [0, 0.1) is 0 Å². The van der Waals surface area contributed by atoms with Gasteiger partial charge in [-0.1, -0.05) is 59.8 Å². The predicted molar refractivity (Wildman–Crippen MR) is 104 cm³/mol. The maximum atomic E-state index is 4.47. The van der Waals surface area contributed by atoms with Crippen LogP contribution in [0.25, 0.3) is 32.8 Å². The summed E-state index contributed by atoms with van der Waals surface area (Å²) in [7, 11) is 0. The van der Waals surface area contributed by atoms with E-state index < -0.39 is 0 Å². The summed E-state index contributed by atoms with van der Waals surface area (Å²) in [5.41, 5.74) is 2.98. The lowest BCUT2D eigenvalue weighted by Gasteiger charge is -2.09. The minimum absolute atomic E-state index is 0.608. The fraction of sp³-hybridized carbons (Fsp3) is 0.0455.